The molecule has 0 saturated carbocycles. The third kappa shape index (κ3) is 21.0. The summed E-state index contributed by atoms with van der Waals surface area (Å²) < 4.78 is 49.6. The predicted molar refractivity (Wildman–Crippen MR) is 347 cm³/mol. The van der Waals surface area contributed by atoms with E-state index < -0.39 is 159 Å². The Bertz CT molecular complexity index is 3160. The number of benzene rings is 5. The third-order valence-electron chi connectivity index (χ3n) is 15.6. The Labute approximate surface area is 559 Å². The van der Waals surface area contributed by atoms with Crippen LogP contribution in [0, 0.1) is 0 Å². The number of aliphatic hydroxyl groups is 6. The second kappa shape index (κ2) is 36.9. The molecule has 2 aliphatic heterocycles. The van der Waals surface area contributed by atoms with Crippen LogP contribution in [0.1, 0.15) is 67.1 Å². The summed E-state index contributed by atoms with van der Waals surface area (Å²) in [4.78, 5) is 102. The zero-order valence-electron chi connectivity index (χ0n) is 51.8. The van der Waals surface area contributed by atoms with E-state index in [1.807, 2.05) is 60.7 Å². The van der Waals surface area contributed by atoms with Crippen LogP contribution in [0.5, 0.6) is 0 Å². The number of amides is 6. The van der Waals surface area contributed by atoms with Crippen LogP contribution in [0.3, 0.4) is 0 Å². The first-order valence-electron chi connectivity index (χ1n) is 30.7. The van der Waals surface area contributed by atoms with E-state index in [4.69, 9.17) is 18.9 Å². The van der Waals surface area contributed by atoms with Crippen LogP contribution < -0.4 is 31.9 Å². The number of halogens is 2. The second-order valence-electron chi connectivity index (χ2n) is 22.4. The molecule has 30 heteroatoms. The monoisotopic (exact) mass is 1380 g/mol. The molecule has 0 unspecified atom stereocenters. The Morgan fingerprint density at radius 3 is 1.10 bits per heavy atom. The Balaban J connectivity index is 0.782. The van der Waals surface area contributed by atoms with Crippen LogP contribution in [0.4, 0.5) is 8.78 Å². The van der Waals surface area contributed by atoms with Crippen LogP contribution in [0.2, 0.25) is 0 Å². The summed E-state index contributed by atoms with van der Waals surface area (Å²) in [5, 5.41) is 102. The first-order chi connectivity index (χ1) is 46.1. The molecule has 26 nitrogen and oxygen atoms in total. The predicted octanol–water partition coefficient (Wildman–Crippen LogP) is 1.83. The SMILES string of the molecule is O=C(CF)N[C@H]1[C@H]([C@H](O)[C@H](O)CNC(=O)c2ccc(-c3ccccc3)cc2)O[C@@](OCCCSCCNC(=O)c2ccc(C(=O)NCCSCCCO[C@]3(C(=O)O)C[C@H](O)[C@@H](NC(=O)CF)[C@H]([C@H](O)[C@H](O)CNC(=O)c4ccc(-c5ccccc5)cc4)O3)cc2)(C(=O)O)C[C@@H]1O. The number of nitrogens with one attached hydrogen (secondary N) is 6. The summed E-state index contributed by atoms with van der Waals surface area (Å²) in [7, 11) is 0. The van der Waals surface area contributed by atoms with Gasteiger partial charge in [0.2, 0.25) is 0 Å². The highest BCUT2D eigenvalue weighted by atomic mass is 32.2. The molecule has 2 heterocycles. The highest BCUT2D eigenvalue weighted by molar-refractivity contribution is 7.99. The lowest BCUT2D eigenvalue weighted by atomic mass is 9.88. The van der Waals surface area contributed by atoms with Crippen LogP contribution in [-0.4, -0.2) is 236 Å². The highest BCUT2D eigenvalue weighted by Crippen LogP contribution is 2.36. The number of ether oxygens (including phenoxy) is 4. The van der Waals surface area contributed by atoms with E-state index in [-0.39, 0.29) is 61.4 Å². The summed E-state index contributed by atoms with van der Waals surface area (Å²) in [6.45, 7) is -4.29. The average molecular weight is 1380 g/mol. The number of thioether (sulfide) groups is 2. The van der Waals surface area contributed by atoms with Crippen LogP contribution in [-0.2, 0) is 38.1 Å². The van der Waals surface area contributed by atoms with Gasteiger partial charge >= 0.3 is 11.9 Å². The van der Waals surface area contributed by atoms with E-state index >= 15 is 0 Å². The minimum absolute atomic E-state index is 0.215. The van der Waals surface area contributed by atoms with Gasteiger partial charge in [-0.3, -0.25) is 28.8 Å². The summed E-state index contributed by atoms with van der Waals surface area (Å²) in [5.74, 6) is -11.5. The first-order valence-corrected chi connectivity index (χ1v) is 33.0. The molecule has 518 valence electrons. The van der Waals surface area contributed by atoms with Gasteiger partial charge in [0.25, 0.3) is 47.0 Å². The zero-order chi connectivity index (χ0) is 69.4. The fourth-order valence-corrected chi connectivity index (χ4v) is 12.0. The van der Waals surface area contributed by atoms with Crippen LogP contribution in [0.15, 0.2) is 133 Å². The molecule has 2 aliphatic rings. The van der Waals surface area contributed by atoms with Gasteiger partial charge < -0.3 is 91.7 Å². The standard InChI is InChI=1S/C66H78F2N6O20S2/c67-35-51(79)73-53-47(75)33-65(63(87)88,93-57(53)55(81)49(77)37-71-61(85)45-17-13-41(14-18-45)39-9-3-1-4-10-39)91-27-7-29-95-31-25-69-59(83)43-21-23-44(24-22-43)60(84)70-26-32-96-30-8-28-92-66(64(89)90)34-48(76)54(74-52(80)36-68)58(94-66)56(82)50(78)38-72-62(86)46-19-15-42(16-20-46)40-11-5-2-6-12-40/h1-6,9-24,47-50,53-58,75-78,81-82H,7-8,25-38H2,(H,69,83)(H,70,84)(H,71,85)(H,72,86)(H,73,79)(H,74,80)(H,87,88)(H,89,90)/t47-,48-,49+,50+,53+,54+,55+,56+,57+,58+,65+,66+/m0/s1. The average Bonchev–Trinajstić information content (AvgIpc) is 0.776. The minimum atomic E-state index is -2.59. The number of rotatable bonds is 36. The number of carbonyl (C=O) groups is 8. The summed E-state index contributed by atoms with van der Waals surface area (Å²) >= 11 is 2.76. The van der Waals surface area contributed by atoms with E-state index in [1.54, 1.807) is 48.5 Å². The third-order valence-corrected chi connectivity index (χ3v) is 17.8. The number of alkyl halides is 2. The lowest BCUT2D eigenvalue weighted by Crippen LogP contribution is -2.68. The van der Waals surface area contributed by atoms with E-state index in [0.717, 1.165) is 22.3 Å². The van der Waals surface area contributed by atoms with Crippen molar-refractivity contribution in [2.24, 2.45) is 0 Å². The fourth-order valence-electron chi connectivity index (χ4n) is 10.5. The molecule has 2 fully saturated rings. The summed E-state index contributed by atoms with van der Waals surface area (Å²) in [6, 6.07) is 34.6. The Morgan fingerprint density at radius 2 is 0.781 bits per heavy atom. The van der Waals surface area contributed by atoms with E-state index in [0.29, 0.717) is 23.0 Å². The molecule has 0 spiro atoms. The van der Waals surface area contributed by atoms with E-state index in [1.165, 1.54) is 47.8 Å². The van der Waals surface area contributed by atoms with Crippen molar-refractivity contribution in [3.8, 4) is 22.3 Å². The Hall–Kier alpha value is -7.98. The lowest BCUT2D eigenvalue weighted by Gasteiger charge is -2.46. The number of hydrogen-bond donors (Lipinski definition) is 14. The van der Waals surface area contributed by atoms with Crippen molar-refractivity contribution in [1.82, 2.24) is 31.9 Å². The van der Waals surface area contributed by atoms with Gasteiger partial charge in [-0.1, -0.05) is 84.9 Å². The van der Waals surface area contributed by atoms with Crippen molar-refractivity contribution in [3.05, 3.63) is 156 Å². The van der Waals surface area contributed by atoms with Crippen molar-refractivity contribution < 1.29 is 107 Å². The minimum Gasteiger partial charge on any atom is -0.477 e. The molecule has 2 saturated heterocycles. The topological polar surface area (TPSA) is 408 Å². The molecule has 7 rings (SSSR count). The van der Waals surface area contributed by atoms with Gasteiger partial charge in [0, 0.05) is 72.8 Å². The van der Waals surface area contributed by atoms with Gasteiger partial charge in [-0.25, -0.2) is 18.4 Å². The number of aliphatic hydroxyl groups excluding tert-OH is 6. The van der Waals surface area contributed by atoms with Gasteiger partial charge in [-0.2, -0.15) is 23.5 Å². The van der Waals surface area contributed by atoms with Gasteiger partial charge in [0.05, 0.1) is 49.7 Å². The fraction of sp³-hybridized carbons (Fsp3) is 0.424. The second-order valence-corrected chi connectivity index (χ2v) is 24.9. The van der Waals surface area contributed by atoms with Crippen molar-refractivity contribution in [1.29, 1.82) is 0 Å². The first kappa shape index (κ1) is 75.4. The molecule has 5 aromatic carbocycles. The van der Waals surface area contributed by atoms with Crippen molar-refractivity contribution in [2.45, 2.75) is 98.2 Å². The number of aliphatic carboxylic acids is 2. The normalized spacial score (nSPS) is 22.0. The maximum absolute atomic E-state index is 13.3. The maximum atomic E-state index is 13.3. The summed E-state index contributed by atoms with van der Waals surface area (Å²) in [6.07, 6.45) is -16.2. The molecule has 0 bridgehead atoms. The summed E-state index contributed by atoms with van der Waals surface area (Å²) in [5.41, 5.74) is 4.50. The van der Waals surface area contributed by atoms with Gasteiger partial charge in [-0.15, -0.1) is 0 Å². The maximum Gasteiger partial charge on any atom is 0.364 e. The van der Waals surface area contributed by atoms with Crippen LogP contribution >= 0.6 is 23.5 Å². The molecule has 0 aromatic heterocycles. The largest absolute Gasteiger partial charge is 0.477 e. The molecular weight excluding hydrogens is 1300 g/mol. The molecule has 6 amide bonds. The van der Waals surface area contributed by atoms with E-state index in [2.05, 4.69) is 31.9 Å². The molecular formula is C66H78F2N6O20S2. The van der Waals surface area contributed by atoms with Gasteiger partial charge in [-0.05, 0) is 95.1 Å². The number of carboxylic acids is 2. The molecule has 0 radical (unpaired) electrons. The number of carboxylic acid groups (broad SMARTS) is 2. The van der Waals surface area contributed by atoms with Crippen molar-refractivity contribution >= 4 is 70.9 Å². The quantitative estimate of drug-likeness (QED) is 0.0254. The van der Waals surface area contributed by atoms with Crippen LogP contribution in [0.25, 0.3) is 22.3 Å². The molecule has 12 atom stereocenters. The number of hydrogen-bond acceptors (Lipinski definition) is 20. The molecule has 0 aliphatic carbocycles. The highest BCUT2D eigenvalue weighted by Gasteiger charge is 2.57. The van der Waals surface area contributed by atoms with E-state index in [9.17, 15) is 88.0 Å². The van der Waals surface area contributed by atoms with Crippen molar-refractivity contribution in [2.75, 3.05) is 75.8 Å². The van der Waals surface area contributed by atoms with Gasteiger partial charge in [0.15, 0.2) is 13.3 Å². The van der Waals surface area contributed by atoms with Gasteiger partial charge in [0.1, 0.15) is 24.4 Å². The zero-order valence-corrected chi connectivity index (χ0v) is 53.5. The smallest absolute Gasteiger partial charge is 0.364 e. The molecule has 14 N–H and O–H groups in total. The Morgan fingerprint density at radius 1 is 0.469 bits per heavy atom. The lowest BCUT2D eigenvalue weighted by molar-refractivity contribution is -0.310. The Kier molecular flexibility index (Phi) is 29.0. The molecule has 96 heavy (non-hydrogen) atoms. The number of carbonyl (C=O) groups excluding carboxylic acids is 6. The molecule has 5 aromatic rings. The van der Waals surface area contributed by atoms with Crippen molar-refractivity contribution in [3.63, 3.8) is 0 Å².